The Morgan fingerprint density at radius 3 is 2.69 bits per heavy atom. The van der Waals surface area contributed by atoms with E-state index in [2.05, 4.69) is 46.5 Å². The van der Waals surface area contributed by atoms with E-state index in [0.717, 1.165) is 47.7 Å². The molecule has 1 aliphatic heterocycles. The maximum Gasteiger partial charge on any atom is 0.322 e. The number of ether oxygens (including phenoxy) is 1. The van der Waals surface area contributed by atoms with Crippen LogP contribution in [-0.2, 0) is 0 Å². The summed E-state index contributed by atoms with van der Waals surface area (Å²) >= 11 is 6.02. The van der Waals surface area contributed by atoms with Crippen molar-refractivity contribution in [1.82, 2.24) is 24.9 Å². The minimum absolute atomic E-state index is 0.0151. The molecule has 3 heterocycles. The van der Waals surface area contributed by atoms with Gasteiger partial charge < -0.3 is 15.4 Å². The number of nitrogens with one attached hydrogen (secondary N) is 2. The summed E-state index contributed by atoms with van der Waals surface area (Å²) in [7, 11) is 0. The highest BCUT2D eigenvalue weighted by atomic mass is 35.5. The highest BCUT2D eigenvalue weighted by Crippen LogP contribution is 2.26. The predicted octanol–water partition coefficient (Wildman–Crippen LogP) is 4.21. The zero-order valence-electron chi connectivity index (χ0n) is 17.0. The Kier molecular flexibility index (Phi) is 5.87. The Hall–Kier alpha value is -2.38. The van der Waals surface area contributed by atoms with Crippen molar-refractivity contribution in [3.8, 4) is 6.01 Å². The van der Waals surface area contributed by atoms with Crippen LogP contribution in [-0.4, -0.2) is 38.8 Å². The first-order valence-corrected chi connectivity index (χ1v) is 10.5. The lowest BCUT2D eigenvalue weighted by molar-refractivity contribution is 0.153. The fourth-order valence-electron chi connectivity index (χ4n) is 3.53. The van der Waals surface area contributed by atoms with Crippen LogP contribution in [0.4, 0.5) is 5.95 Å². The molecule has 0 spiro atoms. The third-order valence-electron chi connectivity index (χ3n) is 5.24. The van der Waals surface area contributed by atoms with Crippen molar-refractivity contribution in [3.63, 3.8) is 0 Å². The maximum absolute atomic E-state index is 6.13. The molecule has 2 atom stereocenters. The van der Waals surface area contributed by atoms with Gasteiger partial charge in [0.15, 0.2) is 5.65 Å². The van der Waals surface area contributed by atoms with Gasteiger partial charge in [-0.25, -0.2) is 0 Å². The van der Waals surface area contributed by atoms with Gasteiger partial charge in [0, 0.05) is 17.1 Å². The van der Waals surface area contributed by atoms with Crippen LogP contribution in [0.15, 0.2) is 30.5 Å². The summed E-state index contributed by atoms with van der Waals surface area (Å²) in [4.78, 5) is 9.34. The van der Waals surface area contributed by atoms with Crippen LogP contribution in [0, 0.1) is 0 Å². The molecule has 2 unspecified atom stereocenters. The normalized spacial score (nSPS) is 18.2. The second-order valence-electron chi connectivity index (χ2n) is 7.82. The molecule has 154 valence electrons. The molecule has 1 fully saturated rings. The van der Waals surface area contributed by atoms with Crippen molar-refractivity contribution < 1.29 is 4.74 Å². The Bertz CT molecular complexity index is 965. The standard InChI is InChI=1S/C21H27ClN6O/c1-13(2)18-12-24-28-19(18)26-21(29-17-5-4-10-23-11-17)27-20(28)25-14(3)15-6-8-16(22)9-7-15/h6-9,12-14,17,23H,4-5,10-11H2,1-3H3,(H,25,26,27). The lowest BCUT2D eigenvalue weighted by Gasteiger charge is -2.23. The zero-order chi connectivity index (χ0) is 20.4. The lowest BCUT2D eigenvalue weighted by Crippen LogP contribution is -2.37. The van der Waals surface area contributed by atoms with Gasteiger partial charge in [0.25, 0.3) is 0 Å². The number of hydrogen-bond acceptors (Lipinski definition) is 6. The fraction of sp³-hybridized carbons (Fsp3) is 0.476. The van der Waals surface area contributed by atoms with E-state index in [1.165, 1.54) is 0 Å². The Balaban J connectivity index is 1.67. The quantitative estimate of drug-likeness (QED) is 0.629. The van der Waals surface area contributed by atoms with E-state index >= 15 is 0 Å². The van der Waals surface area contributed by atoms with Gasteiger partial charge in [0.05, 0.1) is 12.2 Å². The number of benzene rings is 1. The Morgan fingerprint density at radius 1 is 1.21 bits per heavy atom. The summed E-state index contributed by atoms with van der Waals surface area (Å²) in [6, 6.07) is 8.19. The van der Waals surface area contributed by atoms with Gasteiger partial charge in [-0.2, -0.15) is 19.6 Å². The van der Waals surface area contributed by atoms with Gasteiger partial charge in [-0.15, -0.1) is 0 Å². The van der Waals surface area contributed by atoms with Crippen LogP contribution >= 0.6 is 11.6 Å². The number of rotatable bonds is 6. The van der Waals surface area contributed by atoms with Crippen molar-refractivity contribution in [3.05, 3.63) is 46.6 Å². The Labute approximate surface area is 175 Å². The van der Waals surface area contributed by atoms with E-state index < -0.39 is 0 Å². The smallest absolute Gasteiger partial charge is 0.322 e. The number of piperidine rings is 1. The van der Waals surface area contributed by atoms with Crippen molar-refractivity contribution in [1.29, 1.82) is 0 Å². The number of aromatic nitrogens is 4. The average Bonchev–Trinajstić information content (AvgIpc) is 3.14. The van der Waals surface area contributed by atoms with Crippen molar-refractivity contribution in [2.75, 3.05) is 18.4 Å². The maximum atomic E-state index is 6.13. The molecular formula is C21H27ClN6O. The van der Waals surface area contributed by atoms with Crippen LogP contribution in [0.25, 0.3) is 5.65 Å². The molecule has 3 aromatic rings. The Morgan fingerprint density at radius 2 is 2.00 bits per heavy atom. The van der Waals surface area contributed by atoms with Gasteiger partial charge in [0.2, 0.25) is 5.95 Å². The van der Waals surface area contributed by atoms with Crippen molar-refractivity contribution in [2.45, 2.75) is 51.7 Å². The molecule has 2 aromatic heterocycles. The zero-order valence-corrected chi connectivity index (χ0v) is 17.8. The first-order valence-electron chi connectivity index (χ1n) is 10.2. The highest BCUT2D eigenvalue weighted by molar-refractivity contribution is 6.30. The molecular weight excluding hydrogens is 388 g/mol. The number of anilines is 1. The second-order valence-corrected chi connectivity index (χ2v) is 8.26. The van der Waals surface area contributed by atoms with Gasteiger partial charge in [-0.3, -0.25) is 0 Å². The first kappa shape index (κ1) is 19.9. The molecule has 2 N–H and O–H groups in total. The van der Waals surface area contributed by atoms with E-state index in [0.29, 0.717) is 17.9 Å². The number of hydrogen-bond donors (Lipinski definition) is 2. The summed E-state index contributed by atoms with van der Waals surface area (Å²) < 4.78 is 7.89. The summed E-state index contributed by atoms with van der Waals surface area (Å²) in [5, 5.41) is 12.1. The van der Waals surface area contributed by atoms with Gasteiger partial charge >= 0.3 is 6.01 Å². The van der Waals surface area contributed by atoms with Crippen LogP contribution in [0.3, 0.4) is 0 Å². The molecule has 1 saturated heterocycles. The molecule has 0 bridgehead atoms. The van der Waals surface area contributed by atoms with Gasteiger partial charge in [-0.1, -0.05) is 37.6 Å². The van der Waals surface area contributed by atoms with E-state index in [9.17, 15) is 0 Å². The average molecular weight is 415 g/mol. The molecule has 0 saturated carbocycles. The minimum atomic E-state index is 0.0151. The molecule has 0 radical (unpaired) electrons. The SMILES string of the molecule is CC(C)c1cnn2c(NC(C)c3ccc(Cl)cc3)nc(OC3CCCNC3)nc12. The first-order chi connectivity index (χ1) is 14.0. The summed E-state index contributed by atoms with van der Waals surface area (Å²) in [5.74, 6) is 0.913. The van der Waals surface area contributed by atoms with Gasteiger partial charge in [-0.05, 0) is 49.9 Å². The minimum Gasteiger partial charge on any atom is -0.459 e. The topological polar surface area (TPSA) is 76.4 Å². The molecule has 29 heavy (non-hydrogen) atoms. The summed E-state index contributed by atoms with van der Waals surface area (Å²) in [6.45, 7) is 8.19. The van der Waals surface area contributed by atoms with Crippen LogP contribution in [0.5, 0.6) is 6.01 Å². The van der Waals surface area contributed by atoms with Crippen LogP contribution in [0.2, 0.25) is 5.02 Å². The molecule has 7 nitrogen and oxygen atoms in total. The van der Waals surface area contributed by atoms with Crippen molar-refractivity contribution in [2.24, 2.45) is 0 Å². The molecule has 0 aliphatic carbocycles. The molecule has 1 aromatic carbocycles. The van der Waals surface area contributed by atoms with Crippen LogP contribution < -0.4 is 15.4 Å². The third-order valence-corrected chi connectivity index (χ3v) is 5.49. The molecule has 0 amide bonds. The summed E-state index contributed by atoms with van der Waals surface area (Å²) in [5.41, 5.74) is 2.96. The van der Waals surface area contributed by atoms with Crippen molar-refractivity contribution >= 4 is 23.2 Å². The third kappa shape index (κ3) is 4.46. The molecule has 4 rings (SSSR count). The van der Waals surface area contributed by atoms with E-state index in [4.69, 9.17) is 16.3 Å². The van der Waals surface area contributed by atoms with Crippen LogP contribution in [0.1, 0.15) is 56.7 Å². The van der Waals surface area contributed by atoms with E-state index in [-0.39, 0.29) is 12.1 Å². The fourth-order valence-corrected chi connectivity index (χ4v) is 3.65. The number of nitrogens with zero attached hydrogens (tertiary/aromatic N) is 4. The highest BCUT2D eigenvalue weighted by Gasteiger charge is 2.21. The van der Waals surface area contributed by atoms with E-state index in [1.54, 1.807) is 4.52 Å². The largest absolute Gasteiger partial charge is 0.459 e. The number of halogens is 1. The monoisotopic (exact) mass is 414 g/mol. The second kappa shape index (κ2) is 8.55. The lowest BCUT2D eigenvalue weighted by atomic mass is 10.1. The van der Waals surface area contributed by atoms with Gasteiger partial charge in [0.1, 0.15) is 6.10 Å². The predicted molar refractivity (Wildman–Crippen MR) is 115 cm³/mol. The molecule has 8 heteroatoms. The number of fused-ring (bicyclic) bond motifs is 1. The van der Waals surface area contributed by atoms with E-state index in [1.807, 2.05) is 30.5 Å². The summed E-state index contributed by atoms with van der Waals surface area (Å²) in [6.07, 6.45) is 4.04. The molecule has 1 aliphatic rings.